The van der Waals surface area contributed by atoms with E-state index >= 15 is 0 Å². The minimum atomic E-state index is -0.620. The molecule has 0 saturated carbocycles. The molecule has 0 fully saturated rings. The largest absolute Gasteiger partial charge is 0.457 e. The Hall–Kier alpha value is -9.41. The van der Waals surface area contributed by atoms with Crippen molar-refractivity contribution in [3.8, 4) is 44.9 Å². The van der Waals surface area contributed by atoms with Gasteiger partial charge in [-0.1, -0.05) is 224 Å². The monoisotopic (exact) mass is 995 g/mol. The molecule has 0 amide bonds. The van der Waals surface area contributed by atoms with E-state index in [1.165, 1.54) is 109 Å². The van der Waals surface area contributed by atoms with Gasteiger partial charge in [0.05, 0.1) is 16.5 Å². The number of para-hydroxylation sites is 2. The molecule has 77 heavy (non-hydrogen) atoms. The van der Waals surface area contributed by atoms with Gasteiger partial charge in [0.15, 0.2) is 0 Å². The first-order valence-corrected chi connectivity index (χ1v) is 27.5. The smallest absolute Gasteiger partial charge is 0.132 e. The van der Waals surface area contributed by atoms with Crippen LogP contribution in [0.3, 0.4) is 0 Å². The Morgan fingerprint density at radius 2 is 0.740 bits per heavy atom. The van der Waals surface area contributed by atoms with Gasteiger partial charge in [0.25, 0.3) is 0 Å². The number of ether oxygens (including phenoxy) is 1. The average molecular weight is 996 g/mol. The molecule has 13 aromatic rings. The third kappa shape index (κ3) is 5.71. The van der Waals surface area contributed by atoms with E-state index in [-0.39, 0.29) is 0 Å². The summed E-state index contributed by atoms with van der Waals surface area (Å²) in [6.45, 7) is 0. The fourth-order valence-corrected chi connectivity index (χ4v) is 15.6. The van der Waals surface area contributed by atoms with Gasteiger partial charge in [-0.2, -0.15) is 0 Å². The maximum atomic E-state index is 6.78. The van der Waals surface area contributed by atoms with Gasteiger partial charge in [0, 0.05) is 37.9 Å². The van der Waals surface area contributed by atoms with Crippen LogP contribution in [0.1, 0.15) is 44.5 Å². The Morgan fingerprint density at radius 3 is 1.39 bits per heavy atom. The number of rotatable bonds is 4. The van der Waals surface area contributed by atoms with E-state index in [0.29, 0.717) is 0 Å². The molecular formula is C74H45NOS. The van der Waals surface area contributed by atoms with Gasteiger partial charge < -0.3 is 9.64 Å². The Balaban J connectivity index is 0.922. The second-order valence-electron chi connectivity index (χ2n) is 20.9. The Morgan fingerprint density at radius 1 is 0.286 bits per heavy atom. The average Bonchev–Trinajstić information content (AvgIpc) is 3.99. The summed E-state index contributed by atoms with van der Waals surface area (Å²) < 4.78 is 6.78. The molecule has 2 aliphatic carbocycles. The minimum Gasteiger partial charge on any atom is -0.457 e. The molecule has 0 bridgehead atoms. The van der Waals surface area contributed by atoms with Gasteiger partial charge in [-0.15, -0.1) is 0 Å². The maximum absolute atomic E-state index is 6.78. The van der Waals surface area contributed by atoms with E-state index in [1.807, 2.05) is 11.8 Å². The molecule has 4 aliphatic rings. The highest BCUT2D eigenvalue weighted by Gasteiger charge is 2.53. The van der Waals surface area contributed by atoms with Crippen LogP contribution >= 0.6 is 11.8 Å². The van der Waals surface area contributed by atoms with Crippen molar-refractivity contribution in [2.45, 2.75) is 20.6 Å². The van der Waals surface area contributed by atoms with Crippen molar-refractivity contribution in [2.75, 3.05) is 4.90 Å². The molecule has 0 saturated heterocycles. The standard InChI is InChI=1S/C74H45NOS/c1-2-20-52-50(18-1)51-19-3-4-21-53(51)58-44-47(38-42-54(52)58)46-36-39-48(40-37-46)75(49-41-43-56-55-22-5-7-24-59(55)74(66(56)45-49)63-28-11-15-34-70(63)77-71-35-16-12-29-64(71)74)67-31-17-30-65-72(67)57-23-6-8-25-60(57)73(65)61-26-9-13-32-68(61)76-69-33-14-10-27-62(69)73/h1-45H. The summed E-state index contributed by atoms with van der Waals surface area (Å²) in [6, 6.07) is 102. The molecule has 2 spiro atoms. The first-order chi connectivity index (χ1) is 38.2. The van der Waals surface area contributed by atoms with Crippen molar-refractivity contribution in [3.05, 3.63) is 317 Å². The zero-order valence-electron chi connectivity index (χ0n) is 41.7. The van der Waals surface area contributed by atoms with Crippen LogP contribution in [0, 0.1) is 0 Å². The molecule has 17 rings (SSSR count). The van der Waals surface area contributed by atoms with Crippen LogP contribution in [0.4, 0.5) is 17.1 Å². The maximum Gasteiger partial charge on any atom is 0.132 e. The zero-order chi connectivity index (χ0) is 50.4. The second-order valence-corrected chi connectivity index (χ2v) is 22.0. The van der Waals surface area contributed by atoms with Crippen LogP contribution in [0.25, 0.3) is 65.7 Å². The van der Waals surface area contributed by atoms with E-state index in [0.717, 1.165) is 39.7 Å². The van der Waals surface area contributed by atoms with E-state index in [9.17, 15) is 0 Å². The van der Waals surface area contributed by atoms with E-state index < -0.39 is 10.8 Å². The molecule has 2 aliphatic heterocycles. The van der Waals surface area contributed by atoms with Crippen molar-refractivity contribution in [3.63, 3.8) is 0 Å². The number of nitrogens with zero attached hydrogens (tertiary/aromatic N) is 1. The Labute approximate surface area is 451 Å². The van der Waals surface area contributed by atoms with E-state index in [4.69, 9.17) is 4.74 Å². The van der Waals surface area contributed by atoms with Crippen molar-refractivity contribution < 1.29 is 4.74 Å². The lowest BCUT2D eigenvalue weighted by Gasteiger charge is -2.40. The van der Waals surface area contributed by atoms with Gasteiger partial charge in [-0.3, -0.25) is 0 Å². The van der Waals surface area contributed by atoms with Gasteiger partial charge in [0.1, 0.15) is 11.5 Å². The summed E-state index contributed by atoms with van der Waals surface area (Å²) in [4.78, 5) is 5.13. The number of hydrogen-bond acceptors (Lipinski definition) is 3. The first-order valence-electron chi connectivity index (χ1n) is 26.6. The fourth-order valence-electron chi connectivity index (χ4n) is 14.4. The molecule has 0 unspecified atom stereocenters. The predicted octanol–water partition coefficient (Wildman–Crippen LogP) is 19.6. The summed E-state index contributed by atoms with van der Waals surface area (Å²) in [5, 5.41) is 7.66. The van der Waals surface area contributed by atoms with Crippen LogP contribution in [-0.4, -0.2) is 0 Å². The highest BCUT2D eigenvalue weighted by molar-refractivity contribution is 7.99. The lowest BCUT2D eigenvalue weighted by atomic mass is 9.66. The second kappa shape index (κ2) is 16.1. The van der Waals surface area contributed by atoms with Gasteiger partial charge in [-0.05, 0) is 154 Å². The lowest BCUT2D eigenvalue weighted by Crippen LogP contribution is -2.32. The quantitative estimate of drug-likeness (QED) is 0.163. The molecule has 2 heterocycles. The molecule has 3 heteroatoms. The molecule has 0 aromatic heterocycles. The molecule has 2 nitrogen and oxygen atoms in total. The summed E-state index contributed by atoms with van der Waals surface area (Å²) in [5.41, 5.74) is 19.6. The van der Waals surface area contributed by atoms with Gasteiger partial charge >= 0.3 is 0 Å². The highest BCUT2D eigenvalue weighted by Crippen LogP contribution is 2.66. The van der Waals surface area contributed by atoms with Crippen molar-refractivity contribution in [2.24, 2.45) is 0 Å². The van der Waals surface area contributed by atoms with E-state index in [2.05, 4.69) is 278 Å². The molecule has 358 valence electrons. The Kier molecular flexibility index (Phi) is 8.94. The van der Waals surface area contributed by atoms with Crippen LogP contribution in [-0.2, 0) is 10.8 Å². The number of hydrogen-bond donors (Lipinski definition) is 0. The van der Waals surface area contributed by atoms with Crippen molar-refractivity contribution in [1.29, 1.82) is 0 Å². The van der Waals surface area contributed by atoms with Crippen LogP contribution in [0.2, 0.25) is 0 Å². The molecule has 0 N–H and O–H groups in total. The van der Waals surface area contributed by atoms with E-state index in [1.54, 1.807) is 0 Å². The van der Waals surface area contributed by atoms with Crippen LogP contribution in [0.15, 0.2) is 283 Å². The lowest BCUT2D eigenvalue weighted by molar-refractivity contribution is 0.436. The summed E-state index contributed by atoms with van der Waals surface area (Å²) in [6.07, 6.45) is 0. The number of fused-ring (bicyclic) bond motifs is 24. The molecule has 13 aromatic carbocycles. The normalized spacial score (nSPS) is 14.2. The van der Waals surface area contributed by atoms with Crippen LogP contribution in [0.5, 0.6) is 11.5 Å². The first kappa shape index (κ1) is 42.9. The fraction of sp³-hybridized carbons (Fsp3) is 0.0270. The Bertz CT molecular complexity index is 4540. The summed E-state index contributed by atoms with van der Waals surface area (Å²) in [5.74, 6) is 1.77. The van der Waals surface area contributed by atoms with Crippen LogP contribution < -0.4 is 9.64 Å². The third-order valence-electron chi connectivity index (χ3n) is 17.4. The summed E-state index contributed by atoms with van der Waals surface area (Å²) >= 11 is 1.89. The zero-order valence-corrected chi connectivity index (χ0v) is 42.6. The molecule has 0 atom stereocenters. The van der Waals surface area contributed by atoms with Gasteiger partial charge in [-0.25, -0.2) is 0 Å². The van der Waals surface area contributed by atoms with Gasteiger partial charge in [0.2, 0.25) is 0 Å². The van der Waals surface area contributed by atoms with Crippen molar-refractivity contribution >= 4 is 61.1 Å². The minimum absolute atomic E-state index is 0.535. The molecule has 0 radical (unpaired) electrons. The SMILES string of the molecule is c1ccc2c(c1)Oc1ccccc1C21c2ccccc2-c2c(N(c3ccc(-c4ccc5c6ccccc6c6ccccc6c5c4)cc3)c3ccc4c(c3)C3(c5ccccc5Sc5ccccc53)c3ccccc3-4)cccc21. The third-order valence-corrected chi connectivity index (χ3v) is 18.5. The molecular weight excluding hydrogens is 951 g/mol. The number of benzene rings is 13. The van der Waals surface area contributed by atoms with Crippen molar-refractivity contribution in [1.82, 2.24) is 0 Å². The topological polar surface area (TPSA) is 12.5 Å². The number of anilines is 3. The highest BCUT2D eigenvalue weighted by atomic mass is 32.2. The summed E-state index contributed by atoms with van der Waals surface area (Å²) in [7, 11) is 0. The predicted molar refractivity (Wildman–Crippen MR) is 318 cm³/mol.